The van der Waals surface area contributed by atoms with Crippen molar-refractivity contribution in [1.29, 1.82) is 0 Å². The highest BCUT2D eigenvalue weighted by atomic mass is 16.4. The zero-order valence-electron chi connectivity index (χ0n) is 9.43. The fourth-order valence-corrected chi connectivity index (χ4v) is 1.58. The molecule has 0 N–H and O–H groups in total. The van der Waals surface area contributed by atoms with E-state index in [1.165, 1.54) is 11.1 Å². The molecule has 0 aliphatic carbocycles. The second kappa shape index (κ2) is 3.44. The first kappa shape index (κ1) is 10.2. The zero-order valence-corrected chi connectivity index (χ0v) is 9.43. The Balaban J connectivity index is 3.20. The number of anilines is 1. The normalized spacial score (nSPS) is 11.0. The van der Waals surface area contributed by atoms with Crippen LogP contribution in [-0.2, 0) is 0 Å². The van der Waals surface area contributed by atoms with Crippen molar-refractivity contribution in [3.63, 3.8) is 0 Å². The monoisotopic (exact) mass is 181 g/mol. The Morgan fingerprint density at radius 2 is 1.62 bits per heavy atom. The van der Waals surface area contributed by atoms with Gasteiger partial charge in [0.2, 0.25) is 0 Å². The molecule has 1 aromatic heterocycles. The molecule has 0 bridgehead atoms. The van der Waals surface area contributed by atoms with E-state index >= 15 is 0 Å². The molecule has 0 radical (unpaired) electrons. The summed E-state index contributed by atoms with van der Waals surface area (Å²) in [6.45, 7) is 8.55. The van der Waals surface area contributed by atoms with Gasteiger partial charge in [-0.3, -0.25) is 0 Å². The summed E-state index contributed by atoms with van der Waals surface area (Å²) in [4.78, 5) is 2.02. The van der Waals surface area contributed by atoms with Gasteiger partial charge in [0.05, 0.1) is 0 Å². The molecule has 74 valence electrons. The van der Waals surface area contributed by atoms with Crippen LogP contribution in [0.1, 0.15) is 36.7 Å². The topological polar surface area (TPSA) is 16.4 Å². The highest BCUT2D eigenvalue weighted by molar-refractivity contribution is 5.49. The van der Waals surface area contributed by atoms with E-state index in [2.05, 4.69) is 27.7 Å². The third kappa shape index (κ3) is 1.71. The Hall–Kier alpha value is -0.920. The fourth-order valence-electron chi connectivity index (χ4n) is 1.58. The number of furan rings is 1. The standard InChI is InChI=1S/C11H19NO/c1-7(2)10-8(3)9(4)11(13-10)12(5)6/h7H,1-6H3. The summed E-state index contributed by atoms with van der Waals surface area (Å²) in [6, 6.07) is 0. The van der Waals surface area contributed by atoms with Crippen LogP contribution < -0.4 is 4.90 Å². The molecule has 2 nitrogen and oxygen atoms in total. The minimum atomic E-state index is 0.465. The summed E-state index contributed by atoms with van der Waals surface area (Å²) in [5.74, 6) is 2.56. The van der Waals surface area contributed by atoms with Crippen molar-refractivity contribution in [3.8, 4) is 0 Å². The van der Waals surface area contributed by atoms with Crippen LogP contribution in [-0.4, -0.2) is 14.1 Å². The molecule has 0 atom stereocenters. The summed E-state index contributed by atoms with van der Waals surface area (Å²) in [5.41, 5.74) is 2.55. The van der Waals surface area contributed by atoms with Crippen LogP contribution >= 0.6 is 0 Å². The van der Waals surface area contributed by atoms with Gasteiger partial charge in [0.25, 0.3) is 0 Å². The van der Waals surface area contributed by atoms with Crippen molar-refractivity contribution in [2.45, 2.75) is 33.6 Å². The fraction of sp³-hybridized carbons (Fsp3) is 0.636. The molecule has 13 heavy (non-hydrogen) atoms. The van der Waals surface area contributed by atoms with Gasteiger partial charge in [-0.25, -0.2) is 0 Å². The number of rotatable bonds is 2. The van der Waals surface area contributed by atoms with E-state index in [1.54, 1.807) is 0 Å². The average molecular weight is 181 g/mol. The molecule has 0 saturated heterocycles. The molecule has 0 fully saturated rings. The molecule has 0 aromatic carbocycles. The van der Waals surface area contributed by atoms with E-state index in [0.29, 0.717) is 5.92 Å². The number of nitrogens with zero attached hydrogens (tertiary/aromatic N) is 1. The van der Waals surface area contributed by atoms with Crippen LogP contribution in [0.15, 0.2) is 4.42 Å². The minimum absolute atomic E-state index is 0.465. The molecule has 0 amide bonds. The smallest absolute Gasteiger partial charge is 0.198 e. The summed E-state index contributed by atoms with van der Waals surface area (Å²) >= 11 is 0. The lowest BCUT2D eigenvalue weighted by Gasteiger charge is -2.09. The van der Waals surface area contributed by atoms with Gasteiger partial charge in [-0.05, 0) is 19.4 Å². The maximum Gasteiger partial charge on any atom is 0.198 e. The predicted octanol–water partition coefficient (Wildman–Crippen LogP) is 3.09. The van der Waals surface area contributed by atoms with Gasteiger partial charge in [0, 0.05) is 25.6 Å². The van der Waals surface area contributed by atoms with Crippen LogP contribution in [0.5, 0.6) is 0 Å². The van der Waals surface area contributed by atoms with Gasteiger partial charge < -0.3 is 9.32 Å². The maximum absolute atomic E-state index is 5.79. The van der Waals surface area contributed by atoms with Crippen molar-refractivity contribution in [3.05, 3.63) is 16.9 Å². The third-order valence-corrected chi connectivity index (χ3v) is 2.39. The van der Waals surface area contributed by atoms with Crippen molar-refractivity contribution < 1.29 is 4.42 Å². The van der Waals surface area contributed by atoms with Crippen molar-refractivity contribution >= 4 is 5.88 Å². The Morgan fingerprint density at radius 3 is 1.85 bits per heavy atom. The van der Waals surface area contributed by atoms with E-state index < -0.39 is 0 Å². The molecular formula is C11H19NO. The molecule has 0 saturated carbocycles. The van der Waals surface area contributed by atoms with Crippen LogP contribution in [0.4, 0.5) is 5.88 Å². The second-order valence-corrected chi connectivity index (χ2v) is 4.07. The quantitative estimate of drug-likeness (QED) is 0.697. The lowest BCUT2D eigenvalue weighted by molar-refractivity contribution is 0.485. The predicted molar refractivity (Wildman–Crippen MR) is 56.6 cm³/mol. The van der Waals surface area contributed by atoms with Crippen LogP contribution in [0, 0.1) is 13.8 Å². The van der Waals surface area contributed by atoms with E-state index in [1.807, 2.05) is 19.0 Å². The van der Waals surface area contributed by atoms with Gasteiger partial charge in [-0.1, -0.05) is 13.8 Å². The second-order valence-electron chi connectivity index (χ2n) is 4.07. The van der Waals surface area contributed by atoms with Crippen molar-refractivity contribution in [2.24, 2.45) is 0 Å². The Kier molecular flexibility index (Phi) is 2.69. The van der Waals surface area contributed by atoms with Crippen molar-refractivity contribution in [2.75, 3.05) is 19.0 Å². The van der Waals surface area contributed by atoms with Crippen molar-refractivity contribution in [1.82, 2.24) is 0 Å². The Morgan fingerprint density at radius 1 is 1.08 bits per heavy atom. The molecule has 1 rings (SSSR count). The summed E-state index contributed by atoms with van der Waals surface area (Å²) in [6.07, 6.45) is 0. The summed E-state index contributed by atoms with van der Waals surface area (Å²) in [5, 5.41) is 0. The SMILES string of the molecule is Cc1c(C(C)C)oc(N(C)C)c1C. The summed E-state index contributed by atoms with van der Waals surface area (Å²) in [7, 11) is 4.02. The molecule has 0 spiro atoms. The first-order chi connectivity index (χ1) is 5.95. The molecule has 0 aliphatic heterocycles. The molecule has 2 heteroatoms. The number of hydrogen-bond acceptors (Lipinski definition) is 2. The van der Waals surface area contributed by atoms with E-state index in [9.17, 15) is 0 Å². The lowest BCUT2D eigenvalue weighted by Crippen LogP contribution is -2.08. The first-order valence-electron chi connectivity index (χ1n) is 4.72. The Labute approximate surface area is 80.5 Å². The highest BCUT2D eigenvalue weighted by Gasteiger charge is 2.16. The van der Waals surface area contributed by atoms with Gasteiger partial charge in [-0.15, -0.1) is 0 Å². The van der Waals surface area contributed by atoms with Crippen LogP contribution in [0.3, 0.4) is 0 Å². The van der Waals surface area contributed by atoms with Crippen LogP contribution in [0.25, 0.3) is 0 Å². The van der Waals surface area contributed by atoms with Crippen LogP contribution in [0.2, 0.25) is 0 Å². The van der Waals surface area contributed by atoms with E-state index in [-0.39, 0.29) is 0 Å². The lowest BCUT2D eigenvalue weighted by atomic mass is 10.1. The zero-order chi connectivity index (χ0) is 10.2. The first-order valence-corrected chi connectivity index (χ1v) is 4.72. The molecule has 0 unspecified atom stereocenters. The average Bonchev–Trinajstić information content (AvgIpc) is 2.29. The van der Waals surface area contributed by atoms with E-state index in [4.69, 9.17) is 4.42 Å². The number of hydrogen-bond donors (Lipinski definition) is 0. The Bertz CT molecular complexity index is 269. The third-order valence-electron chi connectivity index (χ3n) is 2.39. The molecule has 1 aromatic rings. The van der Waals surface area contributed by atoms with Gasteiger partial charge in [0.15, 0.2) is 5.88 Å². The molecule has 0 aliphatic rings. The van der Waals surface area contributed by atoms with Gasteiger partial charge in [-0.2, -0.15) is 0 Å². The maximum atomic E-state index is 5.79. The molecular weight excluding hydrogens is 162 g/mol. The van der Waals surface area contributed by atoms with Gasteiger partial charge in [0.1, 0.15) is 5.76 Å². The van der Waals surface area contributed by atoms with E-state index in [0.717, 1.165) is 11.6 Å². The minimum Gasteiger partial charge on any atom is -0.445 e. The largest absolute Gasteiger partial charge is 0.445 e. The van der Waals surface area contributed by atoms with Gasteiger partial charge >= 0.3 is 0 Å². The summed E-state index contributed by atoms with van der Waals surface area (Å²) < 4.78 is 5.79. The highest BCUT2D eigenvalue weighted by Crippen LogP contribution is 2.31. The molecule has 1 heterocycles.